The van der Waals surface area contributed by atoms with Crippen molar-refractivity contribution in [2.45, 2.75) is 50.5 Å². The van der Waals surface area contributed by atoms with E-state index in [0.29, 0.717) is 24.3 Å². The highest BCUT2D eigenvalue weighted by atomic mass is 32.2. The third-order valence-electron chi connectivity index (χ3n) is 5.64. The molecule has 0 radical (unpaired) electrons. The number of carbonyl (C=O) groups excluding carboxylic acids is 2. The molecule has 3 rings (SSSR count). The number of nitrogens with one attached hydrogen (secondary N) is 2. The number of unbranched alkanes of at least 4 members (excludes halogenated alkanes) is 1. The predicted molar refractivity (Wildman–Crippen MR) is 140 cm³/mol. The molecule has 0 aliphatic heterocycles. The van der Waals surface area contributed by atoms with Gasteiger partial charge in [0.05, 0.1) is 17.1 Å². The Morgan fingerprint density at radius 3 is 2.22 bits per heavy atom. The minimum absolute atomic E-state index is 0.173. The van der Waals surface area contributed by atoms with Gasteiger partial charge in [0.15, 0.2) is 0 Å². The first-order valence-electron chi connectivity index (χ1n) is 12.0. The van der Waals surface area contributed by atoms with Gasteiger partial charge in [-0.25, -0.2) is 17.9 Å². The molecule has 0 aromatic heterocycles. The Balaban J connectivity index is 1.49. The molecular formula is C28H32N2O5S. The zero-order chi connectivity index (χ0) is 26.0. The second-order valence-electron chi connectivity index (χ2n) is 8.51. The SMILES string of the molecule is CCCCOC(=O)c1ccc(NC(=O)CCc2ccc(S(=O)(=O)N[C@H](C)c3ccccc3)cc2)cc1. The third kappa shape index (κ3) is 8.03. The van der Waals surface area contributed by atoms with Crippen LogP contribution in [0.3, 0.4) is 0 Å². The van der Waals surface area contributed by atoms with E-state index in [-0.39, 0.29) is 29.2 Å². The van der Waals surface area contributed by atoms with Gasteiger partial charge in [-0.1, -0.05) is 55.8 Å². The maximum Gasteiger partial charge on any atom is 0.338 e. The van der Waals surface area contributed by atoms with Gasteiger partial charge in [0.25, 0.3) is 0 Å². The van der Waals surface area contributed by atoms with Crippen molar-refractivity contribution < 1.29 is 22.7 Å². The summed E-state index contributed by atoms with van der Waals surface area (Å²) in [5.41, 5.74) is 2.76. The lowest BCUT2D eigenvalue weighted by atomic mass is 10.1. The highest BCUT2D eigenvalue weighted by Crippen LogP contribution is 2.18. The quantitative estimate of drug-likeness (QED) is 0.257. The fraction of sp³-hybridized carbons (Fsp3) is 0.286. The van der Waals surface area contributed by atoms with Crippen LogP contribution in [0.4, 0.5) is 5.69 Å². The summed E-state index contributed by atoms with van der Waals surface area (Å²) >= 11 is 0. The molecule has 1 atom stereocenters. The van der Waals surface area contributed by atoms with Gasteiger partial charge in [0, 0.05) is 18.2 Å². The van der Waals surface area contributed by atoms with Crippen LogP contribution in [0.2, 0.25) is 0 Å². The van der Waals surface area contributed by atoms with Crippen molar-refractivity contribution >= 4 is 27.6 Å². The van der Waals surface area contributed by atoms with Gasteiger partial charge in [-0.2, -0.15) is 0 Å². The molecule has 7 nitrogen and oxygen atoms in total. The van der Waals surface area contributed by atoms with E-state index < -0.39 is 10.0 Å². The van der Waals surface area contributed by atoms with E-state index in [9.17, 15) is 18.0 Å². The van der Waals surface area contributed by atoms with Crippen LogP contribution in [0.1, 0.15) is 60.6 Å². The van der Waals surface area contributed by atoms with E-state index >= 15 is 0 Å². The number of amides is 1. The number of benzene rings is 3. The summed E-state index contributed by atoms with van der Waals surface area (Å²) in [6.45, 7) is 4.22. The molecule has 0 aliphatic carbocycles. The van der Waals surface area contributed by atoms with E-state index in [1.165, 1.54) is 0 Å². The predicted octanol–water partition coefficient (Wildman–Crippen LogP) is 5.25. The number of ether oxygens (including phenoxy) is 1. The van der Waals surface area contributed by atoms with Crippen molar-refractivity contribution in [3.05, 3.63) is 95.6 Å². The van der Waals surface area contributed by atoms with E-state index in [1.807, 2.05) is 37.3 Å². The Kier molecular flexibility index (Phi) is 9.78. The summed E-state index contributed by atoms with van der Waals surface area (Å²) in [5, 5.41) is 2.81. The normalized spacial score (nSPS) is 12.1. The van der Waals surface area contributed by atoms with Crippen molar-refractivity contribution in [3.8, 4) is 0 Å². The fourth-order valence-electron chi connectivity index (χ4n) is 3.51. The summed E-state index contributed by atoms with van der Waals surface area (Å²) < 4.78 is 33.3. The Morgan fingerprint density at radius 1 is 0.917 bits per heavy atom. The fourth-order valence-corrected chi connectivity index (χ4v) is 4.74. The van der Waals surface area contributed by atoms with E-state index in [1.54, 1.807) is 55.5 Å². The maximum atomic E-state index is 12.7. The Bertz CT molecular complexity index is 1240. The van der Waals surface area contributed by atoms with E-state index in [4.69, 9.17) is 4.74 Å². The molecule has 8 heteroatoms. The minimum Gasteiger partial charge on any atom is -0.462 e. The van der Waals surface area contributed by atoms with Crippen LogP contribution in [0, 0.1) is 0 Å². The van der Waals surface area contributed by atoms with Crippen LogP contribution in [0.5, 0.6) is 0 Å². The molecule has 3 aromatic carbocycles. The molecule has 0 saturated heterocycles. The molecule has 36 heavy (non-hydrogen) atoms. The molecule has 0 bridgehead atoms. The van der Waals surface area contributed by atoms with E-state index in [2.05, 4.69) is 10.0 Å². The second-order valence-corrected chi connectivity index (χ2v) is 10.2. The number of anilines is 1. The average molecular weight is 509 g/mol. The first kappa shape index (κ1) is 27.1. The molecule has 0 aliphatic rings. The zero-order valence-electron chi connectivity index (χ0n) is 20.6. The monoisotopic (exact) mass is 508 g/mol. The molecule has 0 fully saturated rings. The highest BCUT2D eigenvalue weighted by molar-refractivity contribution is 7.89. The highest BCUT2D eigenvalue weighted by Gasteiger charge is 2.18. The number of carbonyl (C=O) groups is 2. The number of aryl methyl sites for hydroxylation is 1. The molecule has 3 aromatic rings. The summed E-state index contributed by atoms with van der Waals surface area (Å²) in [7, 11) is -3.68. The van der Waals surface area contributed by atoms with Crippen LogP contribution in [0.15, 0.2) is 83.8 Å². The molecule has 1 amide bonds. The van der Waals surface area contributed by atoms with Gasteiger partial charge in [-0.05, 0) is 67.3 Å². The molecular weight excluding hydrogens is 476 g/mol. The van der Waals surface area contributed by atoms with Crippen LogP contribution in [-0.2, 0) is 26.0 Å². The smallest absolute Gasteiger partial charge is 0.338 e. The van der Waals surface area contributed by atoms with Crippen molar-refractivity contribution in [3.63, 3.8) is 0 Å². The number of hydrogen-bond donors (Lipinski definition) is 2. The molecule has 0 heterocycles. The van der Waals surface area contributed by atoms with Gasteiger partial charge in [0.2, 0.25) is 15.9 Å². The Morgan fingerprint density at radius 2 is 1.58 bits per heavy atom. The largest absolute Gasteiger partial charge is 0.462 e. The molecule has 0 unspecified atom stereocenters. The lowest BCUT2D eigenvalue weighted by Crippen LogP contribution is -2.26. The Labute approximate surface area is 212 Å². The van der Waals surface area contributed by atoms with Crippen LogP contribution in [-0.4, -0.2) is 26.9 Å². The van der Waals surface area contributed by atoms with Gasteiger partial charge >= 0.3 is 5.97 Å². The average Bonchev–Trinajstić information content (AvgIpc) is 2.88. The third-order valence-corrected chi connectivity index (χ3v) is 7.20. The molecule has 0 spiro atoms. The van der Waals surface area contributed by atoms with Crippen molar-refractivity contribution in [1.29, 1.82) is 0 Å². The van der Waals surface area contributed by atoms with Gasteiger partial charge in [-0.15, -0.1) is 0 Å². The van der Waals surface area contributed by atoms with Crippen LogP contribution >= 0.6 is 0 Å². The van der Waals surface area contributed by atoms with Crippen LogP contribution in [0.25, 0.3) is 0 Å². The maximum absolute atomic E-state index is 12.7. The van der Waals surface area contributed by atoms with Crippen molar-refractivity contribution in [2.75, 3.05) is 11.9 Å². The summed E-state index contributed by atoms with van der Waals surface area (Å²) in [5.74, 6) is -0.556. The Hall–Kier alpha value is -3.49. The van der Waals surface area contributed by atoms with Gasteiger partial charge < -0.3 is 10.1 Å². The topological polar surface area (TPSA) is 102 Å². The van der Waals surface area contributed by atoms with Gasteiger partial charge in [0.1, 0.15) is 0 Å². The summed E-state index contributed by atoms with van der Waals surface area (Å²) in [6, 6.07) is 22.1. The van der Waals surface area contributed by atoms with Crippen molar-refractivity contribution in [2.24, 2.45) is 0 Å². The second kappa shape index (κ2) is 13.0. The molecule has 0 saturated carbocycles. The first-order chi connectivity index (χ1) is 17.3. The summed E-state index contributed by atoms with van der Waals surface area (Å²) in [4.78, 5) is 24.5. The number of hydrogen-bond acceptors (Lipinski definition) is 5. The number of rotatable bonds is 12. The number of sulfonamides is 1. The van der Waals surface area contributed by atoms with Crippen LogP contribution < -0.4 is 10.0 Å². The lowest BCUT2D eigenvalue weighted by Gasteiger charge is -2.15. The summed E-state index contributed by atoms with van der Waals surface area (Å²) in [6.07, 6.45) is 2.47. The minimum atomic E-state index is -3.68. The zero-order valence-corrected chi connectivity index (χ0v) is 21.4. The van der Waals surface area contributed by atoms with Gasteiger partial charge in [-0.3, -0.25) is 4.79 Å². The standard InChI is InChI=1S/C28H32N2O5S/c1-3-4-20-35-28(32)24-13-15-25(16-14-24)29-27(31)19-12-22-10-17-26(18-11-22)36(33,34)30-21(2)23-8-6-5-7-9-23/h5-11,13-18,21,30H,3-4,12,19-20H2,1-2H3,(H,29,31)/t21-/m1/s1. The molecule has 190 valence electrons. The van der Waals surface area contributed by atoms with E-state index in [0.717, 1.165) is 24.0 Å². The first-order valence-corrected chi connectivity index (χ1v) is 13.5. The molecule has 2 N–H and O–H groups in total. The lowest BCUT2D eigenvalue weighted by molar-refractivity contribution is -0.116. The van der Waals surface area contributed by atoms with Crippen molar-refractivity contribution in [1.82, 2.24) is 4.72 Å². The number of esters is 1.